The van der Waals surface area contributed by atoms with Gasteiger partial charge in [0.2, 0.25) is 0 Å². The summed E-state index contributed by atoms with van der Waals surface area (Å²) in [4.78, 5) is 4.29. The lowest BCUT2D eigenvalue weighted by Gasteiger charge is -2.09. The van der Waals surface area contributed by atoms with Crippen molar-refractivity contribution in [3.63, 3.8) is 0 Å². The van der Waals surface area contributed by atoms with Gasteiger partial charge in [-0.1, -0.05) is 37.6 Å². The van der Waals surface area contributed by atoms with E-state index in [-0.39, 0.29) is 0 Å². The van der Waals surface area contributed by atoms with Crippen LogP contribution in [0.1, 0.15) is 25.2 Å². The van der Waals surface area contributed by atoms with Gasteiger partial charge in [0.05, 0.1) is 13.1 Å². The number of aromatic nitrogens is 3. The maximum atomic E-state index is 5.99. The second-order valence-electron chi connectivity index (χ2n) is 4.99. The fraction of sp³-hybridized carbons (Fsp3) is 0.429. The van der Waals surface area contributed by atoms with E-state index >= 15 is 0 Å². The number of benzene rings is 1. The molecule has 4 nitrogen and oxygen atoms in total. The summed E-state index contributed by atoms with van der Waals surface area (Å²) in [5, 5.41) is 8.38. The Morgan fingerprint density at radius 2 is 2.21 bits per heavy atom. The Morgan fingerprint density at radius 3 is 2.95 bits per heavy atom. The molecule has 0 aliphatic rings. The normalized spacial score (nSPS) is 11.2. The topological polar surface area (TPSA) is 42.7 Å². The first-order valence-corrected chi connectivity index (χ1v) is 6.85. The molecule has 0 fully saturated rings. The SMILES string of the molecule is CC(C)CNCc1ncnn1Cc1cccc(Cl)c1. The minimum absolute atomic E-state index is 0.629. The molecule has 1 heterocycles. The molecule has 1 aromatic heterocycles. The van der Waals surface area contributed by atoms with Crippen LogP contribution in [-0.4, -0.2) is 21.3 Å². The monoisotopic (exact) mass is 278 g/mol. The van der Waals surface area contributed by atoms with Crippen molar-refractivity contribution in [2.24, 2.45) is 5.92 Å². The number of hydrogen-bond acceptors (Lipinski definition) is 3. The Bertz CT molecular complexity index is 522. The third-order valence-corrected chi connectivity index (χ3v) is 2.99. The van der Waals surface area contributed by atoms with E-state index in [0.717, 1.165) is 29.5 Å². The summed E-state index contributed by atoms with van der Waals surface area (Å²) in [6.07, 6.45) is 1.59. The molecule has 0 saturated heterocycles. The molecule has 0 spiro atoms. The first-order chi connectivity index (χ1) is 9.15. The van der Waals surface area contributed by atoms with Crippen LogP contribution in [0.4, 0.5) is 0 Å². The number of nitrogens with one attached hydrogen (secondary N) is 1. The molecule has 102 valence electrons. The zero-order valence-electron chi connectivity index (χ0n) is 11.3. The van der Waals surface area contributed by atoms with Crippen molar-refractivity contribution >= 4 is 11.6 Å². The molecule has 1 aromatic carbocycles. The standard InChI is InChI=1S/C14H19ClN4/c1-11(2)7-16-8-14-17-10-18-19(14)9-12-4-3-5-13(15)6-12/h3-6,10-11,16H,7-9H2,1-2H3. The molecule has 19 heavy (non-hydrogen) atoms. The summed E-state index contributed by atoms with van der Waals surface area (Å²) >= 11 is 5.99. The predicted octanol–water partition coefficient (Wildman–Crippen LogP) is 2.73. The number of hydrogen-bond donors (Lipinski definition) is 1. The van der Waals surface area contributed by atoms with E-state index in [2.05, 4.69) is 29.2 Å². The predicted molar refractivity (Wildman–Crippen MR) is 77.1 cm³/mol. The molecular weight excluding hydrogens is 260 g/mol. The van der Waals surface area contributed by atoms with Gasteiger partial charge in [-0.15, -0.1) is 0 Å². The van der Waals surface area contributed by atoms with Crippen LogP contribution >= 0.6 is 11.6 Å². The first kappa shape index (κ1) is 14.0. The van der Waals surface area contributed by atoms with Crippen LogP contribution in [-0.2, 0) is 13.1 Å². The van der Waals surface area contributed by atoms with Crippen molar-refractivity contribution in [3.8, 4) is 0 Å². The summed E-state index contributed by atoms with van der Waals surface area (Å²) in [5.41, 5.74) is 1.13. The molecule has 5 heteroatoms. The van der Waals surface area contributed by atoms with Crippen molar-refractivity contribution in [2.75, 3.05) is 6.54 Å². The number of halogens is 1. The highest BCUT2D eigenvalue weighted by Gasteiger charge is 2.05. The molecule has 0 saturated carbocycles. The molecule has 0 aliphatic heterocycles. The average Bonchev–Trinajstić information content (AvgIpc) is 2.76. The van der Waals surface area contributed by atoms with Crippen LogP contribution in [0, 0.1) is 5.92 Å². The molecule has 0 amide bonds. The van der Waals surface area contributed by atoms with E-state index in [9.17, 15) is 0 Å². The summed E-state index contributed by atoms with van der Waals surface area (Å²) in [7, 11) is 0. The van der Waals surface area contributed by atoms with Crippen molar-refractivity contribution in [1.29, 1.82) is 0 Å². The third kappa shape index (κ3) is 4.33. The van der Waals surface area contributed by atoms with Crippen molar-refractivity contribution in [1.82, 2.24) is 20.1 Å². The van der Waals surface area contributed by atoms with Gasteiger partial charge in [-0.05, 0) is 30.2 Å². The molecule has 0 aliphatic carbocycles. The van der Waals surface area contributed by atoms with Gasteiger partial charge >= 0.3 is 0 Å². The van der Waals surface area contributed by atoms with Crippen molar-refractivity contribution in [3.05, 3.63) is 47.0 Å². The first-order valence-electron chi connectivity index (χ1n) is 6.47. The van der Waals surface area contributed by atoms with Gasteiger partial charge in [0.25, 0.3) is 0 Å². The van der Waals surface area contributed by atoms with Gasteiger partial charge in [-0.25, -0.2) is 9.67 Å². The number of nitrogens with zero attached hydrogens (tertiary/aromatic N) is 3. The zero-order chi connectivity index (χ0) is 13.7. The van der Waals surface area contributed by atoms with Crippen LogP contribution in [0.3, 0.4) is 0 Å². The minimum Gasteiger partial charge on any atom is -0.310 e. The highest BCUT2D eigenvalue weighted by molar-refractivity contribution is 6.30. The molecule has 0 unspecified atom stereocenters. The Hall–Kier alpha value is -1.39. The Balaban J connectivity index is 1.99. The lowest BCUT2D eigenvalue weighted by atomic mass is 10.2. The van der Waals surface area contributed by atoms with Crippen molar-refractivity contribution < 1.29 is 0 Å². The Kier molecular flexibility index (Phi) is 4.93. The number of rotatable bonds is 6. The molecule has 2 aromatic rings. The van der Waals surface area contributed by atoms with Crippen LogP contribution in [0.15, 0.2) is 30.6 Å². The smallest absolute Gasteiger partial charge is 0.141 e. The fourth-order valence-electron chi connectivity index (χ4n) is 1.84. The van der Waals surface area contributed by atoms with Crippen LogP contribution in [0.2, 0.25) is 5.02 Å². The molecular formula is C14H19ClN4. The maximum Gasteiger partial charge on any atom is 0.141 e. The maximum absolute atomic E-state index is 5.99. The second-order valence-corrected chi connectivity index (χ2v) is 5.43. The van der Waals surface area contributed by atoms with Gasteiger partial charge in [0.15, 0.2) is 0 Å². The minimum atomic E-state index is 0.629. The highest BCUT2D eigenvalue weighted by Crippen LogP contribution is 2.12. The Morgan fingerprint density at radius 1 is 1.37 bits per heavy atom. The summed E-state index contributed by atoms with van der Waals surface area (Å²) in [6, 6.07) is 7.82. The van der Waals surface area contributed by atoms with E-state index < -0.39 is 0 Å². The molecule has 1 N–H and O–H groups in total. The van der Waals surface area contributed by atoms with Crippen molar-refractivity contribution in [2.45, 2.75) is 26.9 Å². The molecule has 0 atom stereocenters. The van der Waals surface area contributed by atoms with Gasteiger partial charge in [-0.3, -0.25) is 0 Å². The average molecular weight is 279 g/mol. The van der Waals surface area contributed by atoms with Crippen LogP contribution in [0.5, 0.6) is 0 Å². The summed E-state index contributed by atoms with van der Waals surface area (Å²) < 4.78 is 1.90. The summed E-state index contributed by atoms with van der Waals surface area (Å²) in [6.45, 7) is 6.77. The van der Waals surface area contributed by atoms with E-state index in [4.69, 9.17) is 11.6 Å². The van der Waals surface area contributed by atoms with Gasteiger partial charge in [-0.2, -0.15) is 5.10 Å². The molecule has 2 rings (SSSR count). The largest absolute Gasteiger partial charge is 0.310 e. The molecule has 0 bridgehead atoms. The van der Waals surface area contributed by atoms with E-state index in [1.165, 1.54) is 0 Å². The van der Waals surface area contributed by atoms with E-state index in [1.54, 1.807) is 6.33 Å². The lowest BCUT2D eigenvalue weighted by molar-refractivity contribution is 0.523. The van der Waals surface area contributed by atoms with Gasteiger partial charge in [0, 0.05) is 5.02 Å². The van der Waals surface area contributed by atoms with Gasteiger partial charge < -0.3 is 5.32 Å². The lowest BCUT2D eigenvalue weighted by Crippen LogP contribution is -2.22. The third-order valence-electron chi connectivity index (χ3n) is 2.75. The summed E-state index contributed by atoms with van der Waals surface area (Å²) in [5.74, 6) is 1.57. The molecule has 0 radical (unpaired) electrons. The Labute approximate surface area is 118 Å². The zero-order valence-corrected chi connectivity index (χ0v) is 12.1. The quantitative estimate of drug-likeness (QED) is 0.883. The fourth-order valence-corrected chi connectivity index (χ4v) is 2.05. The van der Waals surface area contributed by atoms with Crippen LogP contribution < -0.4 is 5.32 Å². The highest BCUT2D eigenvalue weighted by atomic mass is 35.5. The van der Waals surface area contributed by atoms with Crippen LogP contribution in [0.25, 0.3) is 0 Å². The van der Waals surface area contributed by atoms with E-state index in [1.807, 2.05) is 28.9 Å². The van der Waals surface area contributed by atoms with E-state index in [0.29, 0.717) is 12.5 Å². The van der Waals surface area contributed by atoms with Gasteiger partial charge in [0.1, 0.15) is 12.2 Å². The second kappa shape index (κ2) is 6.68.